The summed E-state index contributed by atoms with van der Waals surface area (Å²) in [5.74, 6) is 1.96. The van der Waals surface area contributed by atoms with Crippen LogP contribution in [0.25, 0.3) is 17.0 Å². The average Bonchev–Trinajstić information content (AvgIpc) is 3.00. The van der Waals surface area contributed by atoms with E-state index in [1.54, 1.807) is 6.33 Å². The lowest BCUT2D eigenvalue weighted by atomic mass is 10.3. The number of hydrogen-bond acceptors (Lipinski definition) is 8. The molecule has 0 unspecified atom stereocenters. The third kappa shape index (κ3) is 3.38. The van der Waals surface area contributed by atoms with Crippen molar-refractivity contribution in [2.24, 2.45) is 0 Å². The number of ether oxygens (including phenoxy) is 2. The van der Waals surface area contributed by atoms with E-state index in [2.05, 4.69) is 14.8 Å². The third-order valence-corrected chi connectivity index (χ3v) is 5.07. The number of para-hydroxylation sites is 2. The van der Waals surface area contributed by atoms with E-state index in [0.717, 1.165) is 50.2 Å². The molecule has 0 N–H and O–H groups in total. The number of rotatable bonds is 3. The standard InChI is InChI=1S/C19H23N7O2/c1-2-5-16-15(4-1)20-14-26(16)19-22-17(24-6-3-10-27-11-7-24)21-18(23-19)25-8-12-28-13-9-25/h1-2,4-5,14H,3,6-13H2. The molecule has 2 aliphatic rings. The zero-order valence-electron chi connectivity index (χ0n) is 15.7. The maximum atomic E-state index is 5.60. The van der Waals surface area contributed by atoms with Crippen LogP contribution in [0.5, 0.6) is 0 Å². The van der Waals surface area contributed by atoms with E-state index in [9.17, 15) is 0 Å². The molecule has 0 radical (unpaired) electrons. The highest BCUT2D eigenvalue weighted by atomic mass is 16.5. The van der Waals surface area contributed by atoms with Gasteiger partial charge in [0.25, 0.3) is 0 Å². The fourth-order valence-electron chi connectivity index (χ4n) is 3.56. The Kier molecular flexibility index (Phi) is 4.76. The Hall–Kier alpha value is -2.78. The summed E-state index contributed by atoms with van der Waals surface area (Å²) in [6.45, 7) is 6.02. The Bertz CT molecular complexity index is 946. The predicted octanol–water partition coefficient (Wildman–Crippen LogP) is 1.27. The first-order chi connectivity index (χ1) is 13.9. The van der Waals surface area contributed by atoms with Crippen LogP contribution in [-0.2, 0) is 9.47 Å². The van der Waals surface area contributed by atoms with Gasteiger partial charge in [-0.15, -0.1) is 0 Å². The predicted molar refractivity (Wildman–Crippen MR) is 105 cm³/mol. The molecule has 2 aliphatic heterocycles. The van der Waals surface area contributed by atoms with E-state index in [1.807, 2.05) is 28.8 Å². The third-order valence-electron chi connectivity index (χ3n) is 5.07. The van der Waals surface area contributed by atoms with Gasteiger partial charge in [-0.05, 0) is 18.6 Å². The second-order valence-electron chi connectivity index (χ2n) is 6.89. The van der Waals surface area contributed by atoms with Crippen molar-refractivity contribution in [3.8, 4) is 5.95 Å². The van der Waals surface area contributed by atoms with Crippen LogP contribution < -0.4 is 9.80 Å². The van der Waals surface area contributed by atoms with E-state index in [0.29, 0.717) is 37.7 Å². The zero-order valence-corrected chi connectivity index (χ0v) is 15.7. The van der Waals surface area contributed by atoms with Crippen LogP contribution in [0.1, 0.15) is 6.42 Å². The summed E-state index contributed by atoms with van der Waals surface area (Å²) in [7, 11) is 0. The molecule has 5 rings (SSSR count). The molecule has 0 aliphatic carbocycles. The normalized spacial score (nSPS) is 18.4. The van der Waals surface area contributed by atoms with Crippen LogP contribution >= 0.6 is 0 Å². The number of imidazole rings is 1. The van der Waals surface area contributed by atoms with Gasteiger partial charge >= 0.3 is 0 Å². The van der Waals surface area contributed by atoms with Gasteiger partial charge in [0.1, 0.15) is 6.33 Å². The average molecular weight is 381 g/mol. The van der Waals surface area contributed by atoms with E-state index < -0.39 is 0 Å². The molecule has 2 saturated heterocycles. The highest BCUT2D eigenvalue weighted by Crippen LogP contribution is 2.21. The molecule has 2 aromatic heterocycles. The van der Waals surface area contributed by atoms with E-state index in [4.69, 9.17) is 24.4 Å². The monoisotopic (exact) mass is 381 g/mol. The SMILES string of the molecule is c1ccc2c(c1)ncn2-c1nc(N2CCCOCC2)nc(N2CCOCC2)n1. The number of morpholine rings is 1. The first-order valence-corrected chi connectivity index (χ1v) is 9.72. The Balaban J connectivity index is 1.59. The lowest BCUT2D eigenvalue weighted by Crippen LogP contribution is -2.38. The number of anilines is 2. The molecule has 9 heteroatoms. The van der Waals surface area contributed by atoms with Crippen molar-refractivity contribution in [3.63, 3.8) is 0 Å². The molecule has 1 aromatic carbocycles. The molecule has 146 valence electrons. The summed E-state index contributed by atoms with van der Waals surface area (Å²) in [4.78, 5) is 23.2. The quantitative estimate of drug-likeness (QED) is 0.671. The van der Waals surface area contributed by atoms with Crippen LogP contribution in [0.2, 0.25) is 0 Å². The van der Waals surface area contributed by atoms with Gasteiger partial charge in [-0.25, -0.2) is 4.98 Å². The van der Waals surface area contributed by atoms with Crippen molar-refractivity contribution in [1.29, 1.82) is 0 Å². The minimum atomic E-state index is 0.588. The van der Waals surface area contributed by atoms with Gasteiger partial charge < -0.3 is 19.3 Å². The smallest absolute Gasteiger partial charge is 0.242 e. The van der Waals surface area contributed by atoms with Crippen LogP contribution in [0.15, 0.2) is 30.6 Å². The Labute approximate surface area is 162 Å². The minimum Gasteiger partial charge on any atom is -0.380 e. The van der Waals surface area contributed by atoms with Gasteiger partial charge in [0.2, 0.25) is 17.8 Å². The molecule has 3 aromatic rings. The topological polar surface area (TPSA) is 81.4 Å². The summed E-state index contributed by atoms with van der Waals surface area (Å²) in [6.07, 6.45) is 2.74. The Morgan fingerprint density at radius 2 is 1.36 bits per heavy atom. The number of aromatic nitrogens is 5. The van der Waals surface area contributed by atoms with Crippen LogP contribution in [0.4, 0.5) is 11.9 Å². The van der Waals surface area contributed by atoms with Gasteiger partial charge in [0, 0.05) is 32.8 Å². The highest BCUT2D eigenvalue weighted by molar-refractivity contribution is 5.76. The van der Waals surface area contributed by atoms with Gasteiger partial charge in [-0.1, -0.05) is 12.1 Å². The lowest BCUT2D eigenvalue weighted by Gasteiger charge is -2.28. The van der Waals surface area contributed by atoms with Crippen LogP contribution in [0, 0.1) is 0 Å². The minimum absolute atomic E-state index is 0.588. The lowest BCUT2D eigenvalue weighted by molar-refractivity contribution is 0.122. The molecule has 2 fully saturated rings. The molecule has 4 heterocycles. The molecule has 0 amide bonds. The van der Waals surface area contributed by atoms with E-state index >= 15 is 0 Å². The number of benzene rings is 1. The molecule has 0 spiro atoms. The molecule has 0 saturated carbocycles. The van der Waals surface area contributed by atoms with Crippen LogP contribution in [-0.4, -0.2) is 77.1 Å². The summed E-state index contributed by atoms with van der Waals surface area (Å²) >= 11 is 0. The summed E-state index contributed by atoms with van der Waals surface area (Å²) < 4.78 is 13.0. The molecular weight excluding hydrogens is 358 g/mol. The largest absolute Gasteiger partial charge is 0.380 e. The van der Waals surface area contributed by atoms with Gasteiger partial charge in [-0.2, -0.15) is 15.0 Å². The van der Waals surface area contributed by atoms with Crippen molar-refractivity contribution in [2.75, 3.05) is 62.4 Å². The van der Waals surface area contributed by atoms with E-state index in [1.165, 1.54) is 0 Å². The maximum absolute atomic E-state index is 5.60. The van der Waals surface area contributed by atoms with Crippen molar-refractivity contribution in [3.05, 3.63) is 30.6 Å². The Morgan fingerprint density at radius 3 is 2.14 bits per heavy atom. The maximum Gasteiger partial charge on any atom is 0.242 e. The molecule has 9 nitrogen and oxygen atoms in total. The first-order valence-electron chi connectivity index (χ1n) is 9.72. The fraction of sp³-hybridized carbons (Fsp3) is 0.474. The zero-order chi connectivity index (χ0) is 18.8. The van der Waals surface area contributed by atoms with Gasteiger partial charge in [0.05, 0.1) is 30.9 Å². The van der Waals surface area contributed by atoms with Gasteiger partial charge in [0.15, 0.2) is 0 Å². The molecule has 28 heavy (non-hydrogen) atoms. The van der Waals surface area contributed by atoms with Crippen molar-refractivity contribution < 1.29 is 9.47 Å². The second kappa shape index (κ2) is 7.69. The number of nitrogens with zero attached hydrogens (tertiary/aromatic N) is 7. The molecule has 0 bridgehead atoms. The van der Waals surface area contributed by atoms with Crippen LogP contribution in [0.3, 0.4) is 0 Å². The summed E-state index contributed by atoms with van der Waals surface area (Å²) in [5.41, 5.74) is 1.90. The molecular formula is C19H23N7O2. The Morgan fingerprint density at radius 1 is 0.714 bits per heavy atom. The number of hydrogen-bond donors (Lipinski definition) is 0. The molecule has 0 atom stereocenters. The van der Waals surface area contributed by atoms with Crippen molar-refractivity contribution >= 4 is 22.9 Å². The number of fused-ring (bicyclic) bond motifs is 1. The van der Waals surface area contributed by atoms with Crippen molar-refractivity contribution in [2.45, 2.75) is 6.42 Å². The highest BCUT2D eigenvalue weighted by Gasteiger charge is 2.21. The van der Waals surface area contributed by atoms with E-state index in [-0.39, 0.29) is 0 Å². The summed E-state index contributed by atoms with van der Waals surface area (Å²) in [5, 5.41) is 0. The fourth-order valence-corrected chi connectivity index (χ4v) is 3.56. The summed E-state index contributed by atoms with van der Waals surface area (Å²) in [6, 6.07) is 8.00. The van der Waals surface area contributed by atoms with Gasteiger partial charge in [-0.3, -0.25) is 4.57 Å². The first kappa shape index (κ1) is 17.3. The second-order valence-corrected chi connectivity index (χ2v) is 6.89. The van der Waals surface area contributed by atoms with Crippen molar-refractivity contribution in [1.82, 2.24) is 24.5 Å².